The zero-order valence-electron chi connectivity index (χ0n) is 14.4. The molecule has 5 nitrogen and oxygen atoms in total. The summed E-state index contributed by atoms with van der Waals surface area (Å²) >= 11 is 6.33. The third-order valence-electron chi connectivity index (χ3n) is 4.88. The van der Waals surface area contributed by atoms with Crippen LogP contribution >= 0.6 is 11.6 Å². The highest BCUT2D eigenvalue weighted by atomic mass is 35.5. The van der Waals surface area contributed by atoms with Gasteiger partial charge in [0.2, 0.25) is 0 Å². The van der Waals surface area contributed by atoms with Crippen LogP contribution in [0.3, 0.4) is 0 Å². The lowest BCUT2D eigenvalue weighted by Crippen LogP contribution is -2.27. The lowest BCUT2D eigenvalue weighted by Gasteiger charge is -2.16. The van der Waals surface area contributed by atoms with E-state index in [1.807, 2.05) is 13.0 Å². The van der Waals surface area contributed by atoms with Crippen LogP contribution in [-0.4, -0.2) is 20.7 Å². The molecule has 3 aromatic rings. The summed E-state index contributed by atoms with van der Waals surface area (Å²) < 4.78 is 1.74. The molecule has 0 radical (unpaired) electrons. The predicted molar refractivity (Wildman–Crippen MR) is 101 cm³/mol. The summed E-state index contributed by atoms with van der Waals surface area (Å²) in [5.74, 6) is -0.182. The Bertz CT molecular complexity index is 952. The van der Waals surface area contributed by atoms with Gasteiger partial charge < -0.3 is 5.32 Å². The number of halogens is 1. The minimum Gasteiger partial charge on any atom is -0.345 e. The molecule has 0 spiro atoms. The highest BCUT2D eigenvalue weighted by Gasteiger charge is 2.17. The van der Waals surface area contributed by atoms with Crippen LogP contribution < -0.4 is 5.32 Å². The standard InChI is InChI=1S/C20H19ClN4O/c1-13(15-6-5-14-3-2-4-16(14)9-15)24-20(26)18-8-7-17(10-19(18)21)25-11-22-23-12-25/h5-13H,2-4H2,1H3,(H,24,26)/t13-/m1/s1. The minimum atomic E-state index is -0.182. The molecule has 6 heteroatoms. The molecule has 132 valence electrons. The van der Waals surface area contributed by atoms with Crippen LogP contribution in [0.1, 0.15) is 46.4 Å². The second-order valence-corrected chi connectivity index (χ2v) is 7.02. The topological polar surface area (TPSA) is 59.8 Å². The average Bonchev–Trinajstić information content (AvgIpc) is 3.32. The molecule has 0 bridgehead atoms. The predicted octanol–water partition coefficient (Wildman–Crippen LogP) is 3.90. The van der Waals surface area contributed by atoms with Gasteiger partial charge in [0.1, 0.15) is 12.7 Å². The van der Waals surface area contributed by atoms with Gasteiger partial charge in [0.15, 0.2) is 0 Å². The van der Waals surface area contributed by atoms with Crippen molar-refractivity contribution in [1.82, 2.24) is 20.1 Å². The number of nitrogens with zero attached hydrogens (tertiary/aromatic N) is 3. The fourth-order valence-corrected chi connectivity index (χ4v) is 3.66. The number of benzene rings is 2. The maximum atomic E-state index is 12.7. The van der Waals surface area contributed by atoms with E-state index in [0.29, 0.717) is 10.6 Å². The molecule has 26 heavy (non-hydrogen) atoms. The first-order valence-corrected chi connectivity index (χ1v) is 9.07. The summed E-state index contributed by atoms with van der Waals surface area (Å²) in [5.41, 5.74) is 5.22. The molecule has 2 aromatic carbocycles. The van der Waals surface area contributed by atoms with E-state index >= 15 is 0 Å². The average molecular weight is 367 g/mol. The Morgan fingerprint density at radius 2 is 1.88 bits per heavy atom. The van der Waals surface area contributed by atoms with Gasteiger partial charge in [-0.05, 0) is 61.1 Å². The summed E-state index contributed by atoms with van der Waals surface area (Å²) in [7, 11) is 0. The van der Waals surface area contributed by atoms with E-state index in [1.165, 1.54) is 17.5 Å². The second-order valence-electron chi connectivity index (χ2n) is 6.61. The monoisotopic (exact) mass is 366 g/mol. The fourth-order valence-electron chi connectivity index (χ4n) is 3.40. The molecule has 1 aromatic heterocycles. The van der Waals surface area contributed by atoms with E-state index in [0.717, 1.165) is 24.1 Å². The van der Waals surface area contributed by atoms with Gasteiger partial charge >= 0.3 is 0 Å². The van der Waals surface area contributed by atoms with Crippen LogP contribution in [0.4, 0.5) is 0 Å². The van der Waals surface area contributed by atoms with Gasteiger partial charge in [-0.1, -0.05) is 29.8 Å². The van der Waals surface area contributed by atoms with Crippen molar-refractivity contribution in [2.75, 3.05) is 0 Å². The SMILES string of the molecule is C[C@@H](NC(=O)c1ccc(-n2cnnc2)cc1Cl)c1ccc2c(c1)CCC2. The highest BCUT2D eigenvalue weighted by Crippen LogP contribution is 2.26. The van der Waals surface area contributed by atoms with Gasteiger partial charge in [-0.15, -0.1) is 10.2 Å². The van der Waals surface area contributed by atoms with Crippen LogP contribution in [0.2, 0.25) is 5.02 Å². The first kappa shape index (κ1) is 16.8. The van der Waals surface area contributed by atoms with E-state index < -0.39 is 0 Å². The number of aryl methyl sites for hydroxylation is 2. The molecule has 0 unspecified atom stereocenters. The van der Waals surface area contributed by atoms with Gasteiger partial charge in [-0.3, -0.25) is 9.36 Å². The quantitative estimate of drug-likeness (QED) is 0.761. The van der Waals surface area contributed by atoms with E-state index in [4.69, 9.17) is 11.6 Å². The number of hydrogen-bond acceptors (Lipinski definition) is 3. The van der Waals surface area contributed by atoms with Crippen molar-refractivity contribution < 1.29 is 4.79 Å². The van der Waals surface area contributed by atoms with Crippen molar-refractivity contribution in [2.45, 2.75) is 32.2 Å². The van der Waals surface area contributed by atoms with E-state index in [2.05, 4.69) is 33.7 Å². The number of carbonyl (C=O) groups excluding carboxylic acids is 1. The first-order chi connectivity index (χ1) is 12.6. The molecule has 4 rings (SSSR count). The number of nitrogens with one attached hydrogen (secondary N) is 1. The molecule has 1 aliphatic carbocycles. The second kappa shape index (κ2) is 6.92. The number of aromatic nitrogens is 3. The third kappa shape index (κ3) is 3.22. The largest absolute Gasteiger partial charge is 0.345 e. The minimum absolute atomic E-state index is 0.0815. The third-order valence-corrected chi connectivity index (χ3v) is 5.20. The van der Waals surface area contributed by atoms with Crippen LogP contribution in [0, 0.1) is 0 Å². The van der Waals surface area contributed by atoms with Gasteiger partial charge in [-0.2, -0.15) is 0 Å². The fraction of sp³-hybridized carbons (Fsp3) is 0.250. The normalized spacial score (nSPS) is 14.1. The molecular weight excluding hydrogens is 348 g/mol. The van der Waals surface area contributed by atoms with Crippen LogP contribution in [0.15, 0.2) is 49.1 Å². The molecule has 1 heterocycles. The van der Waals surface area contributed by atoms with Crippen molar-refractivity contribution in [3.63, 3.8) is 0 Å². The molecule has 1 amide bonds. The van der Waals surface area contributed by atoms with E-state index in [9.17, 15) is 4.79 Å². The van der Waals surface area contributed by atoms with Gasteiger partial charge in [-0.25, -0.2) is 0 Å². The summed E-state index contributed by atoms with van der Waals surface area (Å²) in [5, 5.41) is 11.0. The highest BCUT2D eigenvalue weighted by molar-refractivity contribution is 6.34. The number of amides is 1. The van der Waals surface area contributed by atoms with E-state index in [-0.39, 0.29) is 11.9 Å². The molecule has 0 fully saturated rings. The zero-order valence-corrected chi connectivity index (χ0v) is 15.2. The smallest absolute Gasteiger partial charge is 0.253 e. The maximum absolute atomic E-state index is 12.7. The Balaban J connectivity index is 1.51. The lowest BCUT2D eigenvalue weighted by atomic mass is 10.0. The first-order valence-electron chi connectivity index (χ1n) is 8.69. The molecule has 1 N–H and O–H groups in total. The van der Waals surface area contributed by atoms with Crippen LogP contribution in [0.25, 0.3) is 5.69 Å². The van der Waals surface area contributed by atoms with Crippen LogP contribution in [-0.2, 0) is 12.8 Å². The number of rotatable bonds is 4. The summed E-state index contributed by atoms with van der Waals surface area (Å²) in [6.45, 7) is 1.99. The molecule has 1 aliphatic rings. The van der Waals surface area contributed by atoms with Crippen molar-refractivity contribution in [1.29, 1.82) is 0 Å². The summed E-state index contributed by atoms with van der Waals surface area (Å²) in [4.78, 5) is 12.7. The van der Waals surface area contributed by atoms with Gasteiger partial charge in [0.05, 0.1) is 16.6 Å². The number of hydrogen-bond donors (Lipinski definition) is 1. The summed E-state index contributed by atoms with van der Waals surface area (Å²) in [6.07, 6.45) is 6.67. The Morgan fingerprint density at radius 3 is 2.65 bits per heavy atom. The Morgan fingerprint density at radius 1 is 1.12 bits per heavy atom. The van der Waals surface area contributed by atoms with Gasteiger partial charge in [0, 0.05) is 5.69 Å². The Hall–Kier alpha value is -2.66. The zero-order chi connectivity index (χ0) is 18.1. The number of fused-ring (bicyclic) bond motifs is 1. The maximum Gasteiger partial charge on any atom is 0.253 e. The Kier molecular flexibility index (Phi) is 4.47. The molecule has 1 atom stereocenters. The van der Waals surface area contributed by atoms with Crippen LogP contribution in [0.5, 0.6) is 0 Å². The molecular formula is C20H19ClN4O. The van der Waals surface area contributed by atoms with Crippen molar-refractivity contribution >= 4 is 17.5 Å². The van der Waals surface area contributed by atoms with Crippen molar-refractivity contribution in [3.05, 3.63) is 76.3 Å². The van der Waals surface area contributed by atoms with E-state index in [1.54, 1.807) is 29.4 Å². The number of carbonyl (C=O) groups is 1. The summed E-state index contributed by atoms with van der Waals surface area (Å²) in [6, 6.07) is 11.7. The molecule has 0 saturated carbocycles. The van der Waals surface area contributed by atoms with Crippen molar-refractivity contribution in [2.24, 2.45) is 0 Å². The van der Waals surface area contributed by atoms with Crippen molar-refractivity contribution in [3.8, 4) is 5.69 Å². The Labute approximate surface area is 157 Å². The molecule has 0 saturated heterocycles. The molecule has 0 aliphatic heterocycles. The van der Waals surface area contributed by atoms with Gasteiger partial charge in [0.25, 0.3) is 5.91 Å². The lowest BCUT2D eigenvalue weighted by molar-refractivity contribution is 0.0940.